The molecule has 0 amide bonds. The predicted octanol–water partition coefficient (Wildman–Crippen LogP) is 3.36. The monoisotopic (exact) mass is 280 g/mol. The Labute approximate surface area is 117 Å². The van der Waals surface area contributed by atoms with E-state index in [1.165, 1.54) is 5.56 Å². The molecule has 0 aliphatic heterocycles. The number of alkyl halides is 1. The van der Waals surface area contributed by atoms with Gasteiger partial charge in [0, 0.05) is 12.3 Å². The first-order chi connectivity index (χ1) is 9.11. The van der Waals surface area contributed by atoms with Crippen LogP contribution in [0.2, 0.25) is 0 Å². The molecule has 2 rings (SSSR count). The first kappa shape index (κ1) is 13.9. The van der Waals surface area contributed by atoms with Crippen LogP contribution in [0.4, 0.5) is 0 Å². The zero-order valence-corrected chi connectivity index (χ0v) is 12.1. The zero-order valence-electron chi connectivity index (χ0n) is 11.4. The van der Waals surface area contributed by atoms with Gasteiger partial charge in [0.2, 0.25) is 5.89 Å². The summed E-state index contributed by atoms with van der Waals surface area (Å²) in [6, 6.07) is 4.13. The molecule has 19 heavy (non-hydrogen) atoms. The average Bonchev–Trinajstić information content (AvgIpc) is 2.82. The number of aromatic nitrogens is 2. The van der Waals surface area contributed by atoms with Gasteiger partial charge in [-0.05, 0) is 37.5 Å². The fraction of sp³-hybridized carbons (Fsp3) is 0.429. The smallest absolute Gasteiger partial charge is 0.253 e. The van der Waals surface area contributed by atoms with E-state index in [9.17, 15) is 0 Å². The number of ether oxygens (including phenoxy) is 1. The third-order valence-electron chi connectivity index (χ3n) is 3.03. The molecule has 1 heterocycles. The fourth-order valence-electron chi connectivity index (χ4n) is 1.81. The Bertz CT molecular complexity index is 567. The van der Waals surface area contributed by atoms with E-state index in [0.717, 1.165) is 16.9 Å². The Kier molecular flexibility index (Phi) is 4.43. The molecule has 0 unspecified atom stereocenters. The zero-order chi connectivity index (χ0) is 13.8. The minimum absolute atomic E-state index is 0.278. The maximum Gasteiger partial charge on any atom is 0.253 e. The number of benzene rings is 1. The number of rotatable bonds is 5. The topological polar surface area (TPSA) is 48.2 Å². The van der Waals surface area contributed by atoms with Crippen LogP contribution in [0.15, 0.2) is 16.5 Å². The molecule has 0 bridgehead atoms. The van der Waals surface area contributed by atoms with Crippen LogP contribution in [0.5, 0.6) is 5.75 Å². The first-order valence-electron chi connectivity index (χ1n) is 6.18. The Morgan fingerprint density at radius 1 is 1.11 bits per heavy atom. The van der Waals surface area contributed by atoms with E-state index in [1.54, 1.807) is 0 Å². The number of hydrogen-bond donors (Lipinski definition) is 0. The SMILES string of the molecule is Cc1ccc(C)c(OCc2nnc(CCCl)o2)c1C. The van der Waals surface area contributed by atoms with Gasteiger partial charge in [0.1, 0.15) is 5.75 Å². The maximum atomic E-state index is 5.80. The Hall–Kier alpha value is -1.55. The van der Waals surface area contributed by atoms with Crippen LogP contribution in [0.25, 0.3) is 0 Å². The standard InChI is InChI=1S/C14H17ClN2O2/c1-9-4-5-10(2)14(11(9)3)18-8-13-17-16-12(19-13)6-7-15/h4-5H,6-8H2,1-3H3. The lowest BCUT2D eigenvalue weighted by atomic mass is 10.1. The molecule has 0 aliphatic carbocycles. The van der Waals surface area contributed by atoms with Gasteiger partial charge in [-0.15, -0.1) is 21.8 Å². The number of hydrogen-bond acceptors (Lipinski definition) is 4. The summed E-state index contributed by atoms with van der Waals surface area (Å²) in [5.74, 6) is 2.38. The molecule has 5 heteroatoms. The Morgan fingerprint density at radius 2 is 1.79 bits per heavy atom. The highest BCUT2D eigenvalue weighted by Gasteiger charge is 2.10. The van der Waals surface area contributed by atoms with Crippen molar-refractivity contribution in [3.05, 3.63) is 40.6 Å². The van der Waals surface area contributed by atoms with Crippen LogP contribution in [-0.2, 0) is 13.0 Å². The van der Waals surface area contributed by atoms with Crippen LogP contribution >= 0.6 is 11.6 Å². The predicted molar refractivity (Wildman–Crippen MR) is 73.7 cm³/mol. The van der Waals surface area contributed by atoms with E-state index < -0.39 is 0 Å². The lowest BCUT2D eigenvalue weighted by Crippen LogP contribution is -2.00. The van der Waals surface area contributed by atoms with E-state index in [4.69, 9.17) is 20.8 Å². The fourth-order valence-corrected chi connectivity index (χ4v) is 1.97. The summed E-state index contributed by atoms with van der Waals surface area (Å²) >= 11 is 5.62. The molecule has 2 aromatic rings. The van der Waals surface area contributed by atoms with E-state index in [1.807, 2.05) is 19.9 Å². The van der Waals surface area contributed by atoms with Crippen molar-refractivity contribution in [2.75, 3.05) is 5.88 Å². The molecular formula is C14H17ClN2O2. The maximum absolute atomic E-state index is 5.80. The van der Waals surface area contributed by atoms with Crippen LogP contribution in [0.1, 0.15) is 28.5 Å². The van der Waals surface area contributed by atoms with E-state index in [2.05, 4.69) is 23.2 Å². The van der Waals surface area contributed by atoms with Gasteiger partial charge >= 0.3 is 0 Å². The van der Waals surface area contributed by atoms with Gasteiger partial charge < -0.3 is 9.15 Å². The lowest BCUT2D eigenvalue weighted by Gasteiger charge is -2.12. The molecule has 0 saturated carbocycles. The average molecular weight is 281 g/mol. The first-order valence-corrected chi connectivity index (χ1v) is 6.72. The van der Waals surface area contributed by atoms with Crippen LogP contribution in [0.3, 0.4) is 0 Å². The lowest BCUT2D eigenvalue weighted by molar-refractivity contribution is 0.256. The molecule has 0 N–H and O–H groups in total. The summed E-state index contributed by atoms with van der Waals surface area (Å²) in [4.78, 5) is 0. The second-order valence-corrected chi connectivity index (χ2v) is 4.85. The van der Waals surface area contributed by atoms with Gasteiger partial charge in [-0.2, -0.15) is 0 Å². The van der Waals surface area contributed by atoms with Gasteiger partial charge in [0.15, 0.2) is 6.61 Å². The molecule has 102 valence electrons. The largest absolute Gasteiger partial charge is 0.483 e. The van der Waals surface area contributed by atoms with Crippen molar-refractivity contribution in [1.82, 2.24) is 10.2 Å². The number of aryl methyl sites for hydroxylation is 3. The molecular weight excluding hydrogens is 264 g/mol. The second kappa shape index (κ2) is 6.06. The van der Waals surface area contributed by atoms with Crippen molar-refractivity contribution >= 4 is 11.6 Å². The highest BCUT2D eigenvalue weighted by molar-refractivity contribution is 6.17. The van der Waals surface area contributed by atoms with Crippen molar-refractivity contribution in [3.8, 4) is 5.75 Å². The minimum Gasteiger partial charge on any atom is -0.483 e. The number of nitrogens with zero attached hydrogens (tertiary/aromatic N) is 2. The van der Waals surface area contributed by atoms with Crippen LogP contribution in [-0.4, -0.2) is 16.1 Å². The summed E-state index contributed by atoms with van der Waals surface area (Å²) in [5, 5.41) is 7.83. The van der Waals surface area contributed by atoms with Crippen LogP contribution < -0.4 is 4.74 Å². The number of halogens is 1. The summed E-state index contributed by atoms with van der Waals surface area (Å²) < 4.78 is 11.2. The molecule has 0 spiro atoms. The molecule has 0 atom stereocenters. The van der Waals surface area contributed by atoms with E-state index in [-0.39, 0.29) is 6.61 Å². The Morgan fingerprint density at radius 3 is 2.53 bits per heavy atom. The van der Waals surface area contributed by atoms with E-state index in [0.29, 0.717) is 24.1 Å². The third kappa shape index (κ3) is 3.26. The van der Waals surface area contributed by atoms with Gasteiger partial charge in [0.25, 0.3) is 5.89 Å². The van der Waals surface area contributed by atoms with Crippen molar-refractivity contribution in [2.45, 2.75) is 33.8 Å². The van der Waals surface area contributed by atoms with Gasteiger partial charge in [-0.1, -0.05) is 12.1 Å². The molecule has 1 aromatic carbocycles. The molecule has 4 nitrogen and oxygen atoms in total. The molecule has 0 aliphatic rings. The highest BCUT2D eigenvalue weighted by Crippen LogP contribution is 2.26. The summed E-state index contributed by atoms with van der Waals surface area (Å²) in [7, 11) is 0. The quantitative estimate of drug-likeness (QED) is 0.788. The summed E-state index contributed by atoms with van der Waals surface area (Å²) in [5.41, 5.74) is 3.44. The third-order valence-corrected chi connectivity index (χ3v) is 3.22. The van der Waals surface area contributed by atoms with Crippen LogP contribution in [0, 0.1) is 20.8 Å². The van der Waals surface area contributed by atoms with Gasteiger partial charge in [-0.3, -0.25) is 0 Å². The van der Waals surface area contributed by atoms with Crippen molar-refractivity contribution in [3.63, 3.8) is 0 Å². The minimum atomic E-state index is 0.278. The molecule has 0 radical (unpaired) electrons. The second-order valence-electron chi connectivity index (χ2n) is 4.47. The van der Waals surface area contributed by atoms with Crippen molar-refractivity contribution in [2.24, 2.45) is 0 Å². The highest BCUT2D eigenvalue weighted by atomic mass is 35.5. The van der Waals surface area contributed by atoms with Gasteiger partial charge in [0.05, 0.1) is 0 Å². The van der Waals surface area contributed by atoms with Crippen molar-refractivity contribution in [1.29, 1.82) is 0 Å². The van der Waals surface area contributed by atoms with Crippen molar-refractivity contribution < 1.29 is 9.15 Å². The summed E-state index contributed by atoms with van der Waals surface area (Å²) in [6.07, 6.45) is 0.580. The molecule has 0 fully saturated rings. The normalized spacial score (nSPS) is 10.7. The van der Waals surface area contributed by atoms with Gasteiger partial charge in [-0.25, -0.2) is 0 Å². The summed E-state index contributed by atoms with van der Waals surface area (Å²) in [6.45, 7) is 6.41. The van der Waals surface area contributed by atoms with E-state index >= 15 is 0 Å². The molecule has 0 saturated heterocycles. The molecule has 1 aromatic heterocycles. The Balaban J connectivity index is 2.07.